The van der Waals surface area contributed by atoms with Gasteiger partial charge in [-0.1, -0.05) is 0 Å². The van der Waals surface area contributed by atoms with E-state index in [1.807, 2.05) is 4.72 Å². The number of benzene rings is 2. The van der Waals surface area contributed by atoms with Crippen LogP contribution in [0.15, 0.2) is 36.5 Å². The second-order valence-electron chi connectivity index (χ2n) is 6.46. The van der Waals surface area contributed by atoms with E-state index in [9.17, 15) is 21.8 Å². The van der Waals surface area contributed by atoms with Crippen LogP contribution in [0.3, 0.4) is 0 Å². The van der Waals surface area contributed by atoms with E-state index < -0.39 is 33.0 Å². The Kier molecular flexibility index (Phi) is 6.50. The van der Waals surface area contributed by atoms with Crippen molar-refractivity contribution in [1.29, 1.82) is 5.26 Å². The van der Waals surface area contributed by atoms with Crippen LogP contribution < -0.4 is 14.8 Å². The van der Waals surface area contributed by atoms with E-state index in [4.69, 9.17) is 10.00 Å². The molecule has 1 heterocycles. The Balaban J connectivity index is 2.03. The molecule has 0 saturated heterocycles. The van der Waals surface area contributed by atoms with Crippen LogP contribution in [0.1, 0.15) is 5.56 Å². The Morgan fingerprint density at radius 3 is 2.59 bits per heavy atom. The molecule has 0 fully saturated rings. The van der Waals surface area contributed by atoms with Gasteiger partial charge >= 0.3 is 0 Å². The number of hydrogen-bond donors (Lipinski definition) is 2. The minimum absolute atomic E-state index is 0.0287. The largest absolute Gasteiger partial charge is 0.496 e. The summed E-state index contributed by atoms with van der Waals surface area (Å²) in [7, 11) is -1.84. The molecule has 0 aliphatic rings. The van der Waals surface area contributed by atoms with E-state index >= 15 is 0 Å². The van der Waals surface area contributed by atoms with Crippen LogP contribution in [0.25, 0.3) is 11.3 Å². The number of nitrogens with zero attached hydrogens (tertiary/aromatic N) is 3. The Hall–Kier alpha value is -3.85. The van der Waals surface area contributed by atoms with Crippen molar-refractivity contribution in [3.05, 3.63) is 65.4 Å². The average molecular weight is 465 g/mol. The molecule has 2 N–H and O–H groups in total. The van der Waals surface area contributed by atoms with Crippen LogP contribution >= 0.6 is 0 Å². The van der Waals surface area contributed by atoms with Gasteiger partial charge < -0.3 is 10.1 Å². The minimum Gasteiger partial charge on any atom is -0.496 e. The highest BCUT2D eigenvalue weighted by atomic mass is 32.2. The third kappa shape index (κ3) is 5.06. The first-order valence-electron chi connectivity index (χ1n) is 8.76. The maximum atomic E-state index is 14.4. The standard InChI is InChI=1S/C20H15F4N5O2S/c1-31-17-6-12(21)3-4-14(17)19-16(23)8-26-20(29-19)28-13-5-11(18(24)15(22)7-13)9-32(2,30)27-10-25/h3-9H,1-2H3,(H,27,30)(H,26,28,29). The Morgan fingerprint density at radius 2 is 1.91 bits per heavy atom. The van der Waals surface area contributed by atoms with Crippen molar-refractivity contribution in [2.75, 3.05) is 18.7 Å². The van der Waals surface area contributed by atoms with Crippen LogP contribution in [0, 0.1) is 34.7 Å². The molecule has 3 rings (SSSR count). The third-order valence-electron chi connectivity index (χ3n) is 4.08. The highest BCUT2D eigenvalue weighted by Crippen LogP contribution is 2.32. The Bertz CT molecular complexity index is 1350. The molecule has 1 aromatic heterocycles. The molecular formula is C20H15F4N5O2S. The van der Waals surface area contributed by atoms with E-state index in [0.29, 0.717) is 0 Å². The van der Waals surface area contributed by atoms with Gasteiger partial charge in [0.2, 0.25) is 5.95 Å². The highest BCUT2D eigenvalue weighted by molar-refractivity contribution is 7.99. The zero-order valence-electron chi connectivity index (χ0n) is 16.6. The average Bonchev–Trinajstić information content (AvgIpc) is 2.73. The number of halogens is 4. The predicted molar refractivity (Wildman–Crippen MR) is 112 cm³/mol. The number of nitrogens with one attached hydrogen (secondary N) is 2. The van der Waals surface area contributed by atoms with Crippen LogP contribution in [0.4, 0.5) is 29.2 Å². The quantitative estimate of drug-likeness (QED) is 0.250. The van der Waals surface area contributed by atoms with E-state index in [0.717, 1.165) is 42.1 Å². The summed E-state index contributed by atoms with van der Waals surface area (Å²) in [6.45, 7) is 0. The summed E-state index contributed by atoms with van der Waals surface area (Å²) in [5.41, 5.74) is -0.496. The molecule has 0 aliphatic heterocycles. The molecule has 32 heavy (non-hydrogen) atoms. The molecule has 0 aliphatic carbocycles. The second-order valence-corrected chi connectivity index (χ2v) is 8.70. The predicted octanol–water partition coefficient (Wildman–Crippen LogP) is 3.50. The molecule has 0 radical (unpaired) electrons. The maximum Gasteiger partial charge on any atom is 0.227 e. The fourth-order valence-electron chi connectivity index (χ4n) is 2.74. The van der Waals surface area contributed by atoms with Gasteiger partial charge in [0.15, 0.2) is 23.6 Å². The first kappa shape index (κ1) is 22.8. The van der Waals surface area contributed by atoms with Crippen molar-refractivity contribution >= 4 is 26.7 Å². The molecule has 0 saturated carbocycles. The number of methoxy groups -OCH3 is 1. The molecule has 3 aromatic rings. The lowest BCUT2D eigenvalue weighted by Gasteiger charge is -2.12. The van der Waals surface area contributed by atoms with Gasteiger partial charge in [-0.25, -0.2) is 36.5 Å². The van der Waals surface area contributed by atoms with Crippen molar-refractivity contribution in [2.24, 2.45) is 0 Å². The summed E-state index contributed by atoms with van der Waals surface area (Å²) in [5.74, 6) is -4.12. The molecule has 1 atom stereocenters. The fraction of sp³-hybridized carbons (Fsp3) is 0.100. The third-order valence-corrected chi connectivity index (χ3v) is 5.28. The molecular weight excluding hydrogens is 450 g/mol. The van der Waals surface area contributed by atoms with Crippen LogP contribution in [-0.2, 0) is 9.71 Å². The van der Waals surface area contributed by atoms with Gasteiger partial charge in [-0.15, -0.1) is 0 Å². The molecule has 2 aromatic carbocycles. The molecule has 0 bridgehead atoms. The number of hydrogen-bond acceptors (Lipinski definition) is 6. The highest BCUT2D eigenvalue weighted by Gasteiger charge is 2.16. The lowest BCUT2D eigenvalue weighted by Crippen LogP contribution is -2.19. The normalized spacial score (nSPS) is 12.4. The number of aromatic nitrogens is 2. The van der Waals surface area contributed by atoms with Gasteiger partial charge in [0.25, 0.3) is 0 Å². The van der Waals surface area contributed by atoms with Gasteiger partial charge in [-0.2, -0.15) is 5.26 Å². The zero-order valence-corrected chi connectivity index (χ0v) is 17.4. The van der Waals surface area contributed by atoms with Crippen molar-refractivity contribution in [2.45, 2.75) is 0 Å². The van der Waals surface area contributed by atoms with Crippen molar-refractivity contribution in [3.63, 3.8) is 0 Å². The molecule has 0 spiro atoms. The number of anilines is 2. The number of rotatable bonds is 6. The van der Waals surface area contributed by atoms with Gasteiger partial charge in [-0.05, 0) is 18.2 Å². The molecule has 1 unspecified atom stereocenters. The van der Waals surface area contributed by atoms with Gasteiger partial charge in [0, 0.05) is 40.6 Å². The smallest absolute Gasteiger partial charge is 0.227 e. The molecule has 7 nitrogen and oxygen atoms in total. The lowest BCUT2D eigenvalue weighted by atomic mass is 10.1. The molecule has 12 heteroatoms. The fourth-order valence-corrected chi connectivity index (χ4v) is 3.63. The first-order valence-corrected chi connectivity index (χ1v) is 10.8. The van der Waals surface area contributed by atoms with Crippen LogP contribution in [-0.4, -0.2) is 32.9 Å². The lowest BCUT2D eigenvalue weighted by molar-refractivity contribution is 0.412. The van der Waals surface area contributed by atoms with Crippen LogP contribution in [0.5, 0.6) is 5.75 Å². The summed E-state index contributed by atoms with van der Waals surface area (Å²) >= 11 is 0. The molecule has 166 valence electrons. The summed E-state index contributed by atoms with van der Waals surface area (Å²) in [4.78, 5) is 7.79. The summed E-state index contributed by atoms with van der Waals surface area (Å²) in [6.07, 6.45) is 3.46. The SMILES string of the molecule is COc1cc(F)ccc1-c1nc(Nc2cc(F)c(F)c(C=S(C)(=O)NC#N)c2)ncc1F. The minimum atomic E-state index is -3.12. The maximum absolute atomic E-state index is 14.4. The van der Waals surface area contributed by atoms with E-state index in [-0.39, 0.29) is 34.2 Å². The number of ether oxygens (including phenoxy) is 1. The Morgan fingerprint density at radius 1 is 1.16 bits per heavy atom. The summed E-state index contributed by atoms with van der Waals surface area (Å²) in [6, 6.07) is 5.34. The van der Waals surface area contributed by atoms with Crippen molar-refractivity contribution in [3.8, 4) is 23.2 Å². The van der Waals surface area contributed by atoms with Crippen molar-refractivity contribution in [1.82, 2.24) is 14.7 Å². The summed E-state index contributed by atoms with van der Waals surface area (Å²) in [5, 5.41) is 12.1. The first-order chi connectivity index (χ1) is 15.1. The van der Waals surface area contributed by atoms with Gasteiger partial charge in [0.1, 0.15) is 17.3 Å². The monoisotopic (exact) mass is 465 g/mol. The van der Waals surface area contributed by atoms with E-state index in [1.165, 1.54) is 19.4 Å². The topological polar surface area (TPSA) is 99.9 Å². The van der Waals surface area contributed by atoms with E-state index in [2.05, 4.69) is 15.3 Å². The van der Waals surface area contributed by atoms with E-state index in [1.54, 1.807) is 0 Å². The van der Waals surface area contributed by atoms with Gasteiger partial charge in [-0.3, -0.25) is 0 Å². The zero-order chi connectivity index (χ0) is 23.5. The second kappa shape index (κ2) is 9.11. The van der Waals surface area contributed by atoms with Crippen molar-refractivity contribution < 1.29 is 26.5 Å². The van der Waals surface area contributed by atoms with Gasteiger partial charge in [0.05, 0.1) is 23.0 Å². The van der Waals surface area contributed by atoms with Crippen LogP contribution in [0.2, 0.25) is 0 Å². The molecule has 0 amide bonds. The summed E-state index contributed by atoms with van der Waals surface area (Å²) < 4.78 is 75.3. The number of nitriles is 1. The Labute approximate surface area is 180 Å².